The molecule has 0 aliphatic carbocycles. The average molecular weight is 325 g/mol. The molecule has 0 unspecified atom stereocenters. The molecule has 1 heterocycles. The third-order valence-electron chi connectivity index (χ3n) is 4.31. The largest absolute Gasteiger partial charge is 0.287 e. The van der Waals surface area contributed by atoms with Crippen molar-refractivity contribution >= 4 is 16.6 Å². The van der Waals surface area contributed by atoms with Gasteiger partial charge in [-0.15, -0.1) is 0 Å². The number of fused-ring (bicyclic) bond motifs is 1. The summed E-state index contributed by atoms with van der Waals surface area (Å²) < 4.78 is 1.96. The van der Waals surface area contributed by atoms with E-state index in [0.29, 0.717) is 0 Å². The van der Waals surface area contributed by atoms with Crippen molar-refractivity contribution in [3.05, 3.63) is 97.0 Å². The van der Waals surface area contributed by atoms with E-state index >= 15 is 0 Å². The maximum atomic E-state index is 12.6. The summed E-state index contributed by atoms with van der Waals surface area (Å²) >= 11 is 0. The zero-order valence-electron chi connectivity index (χ0n) is 13.7. The molecule has 4 aromatic rings. The molecule has 0 saturated carbocycles. The Morgan fingerprint density at radius 3 is 2.52 bits per heavy atom. The van der Waals surface area contributed by atoms with Crippen molar-refractivity contribution in [3.63, 3.8) is 0 Å². The average Bonchev–Trinajstić information content (AvgIpc) is 2.69. The van der Waals surface area contributed by atoms with Crippen LogP contribution in [-0.2, 0) is 6.54 Å². The molecular formula is C22H17N2O+. The van der Waals surface area contributed by atoms with Crippen LogP contribution in [0.2, 0.25) is 0 Å². The SMILES string of the molecule is O=C(C[n+]1ccncc1-c1cccc2ccccc12)c1ccccc1. The third kappa shape index (κ3) is 3.04. The Morgan fingerprint density at radius 1 is 0.880 bits per heavy atom. The number of hydrogen-bond acceptors (Lipinski definition) is 2. The minimum Gasteiger partial charge on any atom is -0.287 e. The zero-order valence-corrected chi connectivity index (χ0v) is 13.7. The van der Waals surface area contributed by atoms with Crippen LogP contribution in [0.25, 0.3) is 22.0 Å². The number of rotatable bonds is 4. The first-order valence-electron chi connectivity index (χ1n) is 8.23. The smallest absolute Gasteiger partial charge is 0.232 e. The Kier molecular flexibility index (Phi) is 4.05. The van der Waals surface area contributed by atoms with E-state index < -0.39 is 0 Å². The van der Waals surface area contributed by atoms with Crippen LogP contribution in [0.3, 0.4) is 0 Å². The molecule has 0 aliphatic heterocycles. The van der Waals surface area contributed by atoms with Crippen LogP contribution in [0.1, 0.15) is 10.4 Å². The highest BCUT2D eigenvalue weighted by Gasteiger charge is 2.19. The van der Waals surface area contributed by atoms with Crippen LogP contribution in [0.15, 0.2) is 91.4 Å². The molecule has 0 amide bonds. The van der Waals surface area contributed by atoms with Crippen LogP contribution < -0.4 is 4.57 Å². The van der Waals surface area contributed by atoms with Crippen LogP contribution >= 0.6 is 0 Å². The van der Waals surface area contributed by atoms with E-state index in [-0.39, 0.29) is 12.3 Å². The second-order valence-electron chi connectivity index (χ2n) is 5.91. The van der Waals surface area contributed by atoms with Crippen molar-refractivity contribution < 1.29 is 9.36 Å². The zero-order chi connectivity index (χ0) is 17.1. The minimum atomic E-state index is 0.0817. The van der Waals surface area contributed by atoms with Gasteiger partial charge in [0.05, 0.1) is 18.0 Å². The number of Topliss-reactive ketones (excluding diaryl/α,β-unsaturated/α-hetero) is 1. The van der Waals surface area contributed by atoms with Gasteiger partial charge < -0.3 is 0 Å². The number of carbonyl (C=O) groups is 1. The first-order chi connectivity index (χ1) is 12.3. The van der Waals surface area contributed by atoms with Crippen molar-refractivity contribution in [2.45, 2.75) is 6.54 Å². The quantitative estimate of drug-likeness (QED) is 0.419. The highest BCUT2D eigenvalue weighted by Crippen LogP contribution is 2.25. The lowest BCUT2D eigenvalue weighted by molar-refractivity contribution is -0.672. The van der Waals surface area contributed by atoms with E-state index in [0.717, 1.165) is 22.2 Å². The maximum Gasteiger partial charge on any atom is 0.232 e. The summed E-state index contributed by atoms with van der Waals surface area (Å²) in [6, 6.07) is 23.8. The van der Waals surface area contributed by atoms with E-state index in [1.54, 1.807) is 6.20 Å². The standard InChI is InChI=1S/C22H17N2O/c25-22(18-8-2-1-3-9-18)16-24-14-13-23-15-21(24)20-12-6-10-17-7-4-5-11-19(17)20/h1-15H,16H2/q+1. The third-order valence-corrected chi connectivity index (χ3v) is 4.31. The Hall–Kier alpha value is -3.33. The first kappa shape index (κ1) is 15.2. The molecule has 120 valence electrons. The molecule has 3 heteroatoms. The molecular weight excluding hydrogens is 308 g/mol. The van der Waals surface area contributed by atoms with Gasteiger partial charge in [0, 0.05) is 5.56 Å². The Bertz CT molecular complexity index is 1040. The number of nitrogens with zero attached hydrogens (tertiary/aromatic N) is 2. The first-order valence-corrected chi connectivity index (χ1v) is 8.23. The fraction of sp³-hybridized carbons (Fsp3) is 0.0455. The Balaban J connectivity index is 1.78. The summed E-state index contributed by atoms with van der Waals surface area (Å²) in [7, 11) is 0. The monoisotopic (exact) mass is 325 g/mol. The van der Waals surface area contributed by atoms with Gasteiger partial charge in [-0.1, -0.05) is 66.7 Å². The molecule has 3 nitrogen and oxygen atoms in total. The molecule has 3 aromatic carbocycles. The highest BCUT2D eigenvalue weighted by atomic mass is 16.1. The Morgan fingerprint density at radius 2 is 1.64 bits per heavy atom. The summed E-state index contributed by atoms with van der Waals surface area (Å²) in [6.45, 7) is 0.283. The molecule has 0 spiro atoms. The second-order valence-corrected chi connectivity index (χ2v) is 5.91. The molecule has 1 aromatic heterocycles. The van der Waals surface area contributed by atoms with Crippen molar-refractivity contribution in [1.29, 1.82) is 0 Å². The number of ketones is 1. The molecule has 4 rings (SSSR count). The molecule has 0 fully saturated rings. The van der Waals surface area contributed by atoms with Gasteiger partial charge in [0.1, 0.15) is 0 Å². The van der Waals surface area contributed by atoms with Crippen LogP contribution in [0.4, 0.5) is 0 Å². The van der Waals surface area contributed by atoms with Gasteiger partial charge in [-0.2, -0.15) is 4.57 Å². The maximum absolute atomic E-state index is 12.6. The van der Waals surface area contributed by atoms with Gasteiger partial charge in [0.15, 0.2) is 6.20 Å². The van der Waals surface area contributed by atoms with Crippen molar-refractivity contribution in [3.8, 4) is 11.3 Å². The lowest BCUT2D eigenvalue weighted by Gasteiger charge is -2.07. The topological polar surface area (TPSA) is 33.8 Å². The van der Waals surface area contributed by atoms with Gasteiger partial charge >= 0.3 is 0 Å². The number of benzene rings is 3. The lowest BCUT2D eigenvalue weighted by atomic mass is 10.0. The van der Waals surface area contributed by atoms with E-state index in [1.165, 1.54) is 5.39 Å². The lowest BCUT2D eigenvalue weighted by Crippen LogP contribution is -2.40. The summed E-state index contributed by atoms with van der Waals surface area (Å²) in [5, 5.41) is 2.32. The molecule has 0 atom stereocenters. The molecule has 0 saturated heterocycles. The van der Waals surface area contributed by atoms with Crippen LogP contribution in [0, 0.1) is 0 Å². The fourth-order valence-corrected chi connectivity index (χ4v) is 3.07. The van der Waals surface area contributed by atoms with E-state index in [9.17, 15) is 4.79 Å². The summed E-state index contributed by atoms with van der Waals surface area (Å²) in [4.78, 5) is 16.9. The van der Waals surface area contributed by atoms with Crippen molar-refractivity contribution in [2.24, 2.45) is 0 Å². The van der Waals surface area contributed by atoms with E-state index in [2.05, 4.69) is 29.2 Å². The number of aromatic nitrogens is 2. The summed E-state index contributed by atoms with van der Waals surface area (Å²) in [6.07, 6.45) is 5.39. The summed E-state index contributed by atoms with van der Waals surface area (Å²) in [5.74, 6) is 0.0817. The minimum absolute atomic E-state index is 0.0817. The molecule has 0 aliphatic rings. The van der Waals surface area contributed by atoms with Crippen molar-refractivity contribution in [1.82, 2.24) is 4.98 Å². The molecule has 25 heavy (non-hydrogen) atoms. The number of hydrogen-bond donors (Lipinski definition) is 0. The fourth-order valence-electron chi connectivity index (χ4n) is 3.07. The predicted molar refractivity (Wildman–Crippen MR) is 98.1 cm³/mol. The van der Waals surface area contributed by atoms with E-state index in [4.69, 9.17) is 0 Å². The normalized spacial score (nSPS) is 10.7. The second kappa shape index (κ2) is 6.65. The van der Waals surface area contributed by atoms with Gasteiger partial charge in [0.2, 0.25) is 18.0 Å². The van der Waals surface area contributed by atoms with Crippen LogP contribution in [0.5, 0.6) is 0 Å². The number of carbonyl (C=O) groups excluding carboxylic acids is 1. The molecule has 0 bridgehead atoms. The van der Waals surface area contributed by atoms with Gasteiger partial charge in [0.25, 0.3) is 0 Å². The molecule has 0 radical (unpaired) electrons. The van der Waals surface area contributed by atoms with Crippen LogP contribution in [-0.4, -0.2) is 10.8 Å². The van der Waals surface area contributed by atoms with E-state index in [1.807, 2.05) is 65.5 Å². The van der Waals surface area contributed by atoms with Gasteiger partial charge in [-0.05, 0) is 16.8 Å². The molecule has 0 N–H and O–H groups in total. The van der Waals surface area contributed by atoms with Gasteiger partial charge in [-0.3, -0.25) is 9.78 Å². The van der Waals surface area contributed by atoms with Gasteiger partial charge in [-0.25, -0.2) is 0 Å². The summed E-state index contributed by atoms with van der Waals surface area (Å²) in [5.41, 5.74) is 2.73. The Labute approximate surface area is 146 Å². The highest BCUT2D eigenvalue weighted by molar-refractivity contribution is 5.96. The predicted octanol–water partition coefficient (Wildman–Crippen LogP) is 4.07. The van der Waals surface area contributed by atoms with Crippen molar-refractivity contribution in [2.75, 3.05) is 0 Å².